The van der Waals surface area contributed by atoms with Crippen LogP contribution in [0.5, 0.6) is 5.75 Å². The smallest absolute Gasteiger partial charge is 0.121 e. The molecule has 0 saturated carbocycles. The summed E-state index contributed by atoms with van der Waals surface area (Å²) < 4.78 is 0.795. The summed E-state index contributed by atoms with van der Waals surface area (Å²) in [6, 6.07) is 9.01. The van der Waals surface area contributed by atoms with Gasteiger partial charge >= 0.3 is 0 Å². The van der Waals surface area contributed by atoms with Crippen LogP contribution in [0.1, 0.15) is 22.7 Å². The minimum Gasteiger partial charge on any atom is -0.507 e. The van der Waals surface area contributed by atoms with E-state index in [1.54, 1.807) is 6.07 Å². The second kappa shape index (κ2) is 6.69. The second-order valence-corrected chi connectivity index (χ2v) is 6.27. The van der Waals surface area contributed by atoms with E-state index in [0.29, 0.717) is 10.8 Å². The van der Waals surface area contributed by atoms with Crippen LogP contribution >= 0.6 is 27.5 Å². The van der Waals surface area contributed by atoms with E-state index in [9.17, 15) is 10.2 Å². The third kappa shape index (κ3) is 3.70. The van der Waals surface area contributed by atoms with Crippen molar-refractivity contribution in [2.24, 2.45) is 0 Å². The number of aromatic hydroxyl groups is 1. The van der Waals surface area contributed by atoms with Crippen LogP contribution in [0.4, 0.5) is 5.69 Å². The molecule has 0 saturated heterocycles. The molecule has 1 unspecified atom stereocenters. The van der Waals surface area contributed by atoms with Gasteiger partial charge in [-0.2, -0.15) is 0 Å². The summed E-state index contributed by atoms with van der Waals surface area (Å²) >= 11 is 9.35. The lowest BCUT2D eigenvalue weighted by Crippen LogP contribution is -2.15. The van der Waals surface area contributed by atoms with Crippen molar-refractivity contribution in [3.05, 3.63) is 56.5 Å². The van der Waals surface area contributed by atoms with E-state index in [1.165, 1.54) is 0 Å². The Bertz CT molecular complexity index is 638. The molecule has 0 aromatic heterocycles. The Kier molecular flexibility index (Phi) is 5.14. The van der Waals surface area contributed by atoms with E-state index in [-0.39, 0.29) is 12.6 Å². The first-order valence-corrected chi connectivity index (χ1v) is 7.72. The molecule has 3 nitrogen and oxygen atoms in total. The van der Waals surface area contributed by atoms with Crippen LogP contribution in [0.25, 0.3) is 0 Å². The topological polar surface area (TPSA) is 52.5 Å². The monoisotopic (exact) mass is 369 g/mol. The molecule has 2 aromatic carbocycles. The van der Waals surface area contributed by atoms with Crippen LogP contribution in [0, 0.1) is 13.8 Å². The first-order valence-electron chi connectivity index (χ1n) is 6.55. The number of aliphatic hydroxyl groups is 1. The van der Waals surface area contributed by atoms with Crippen LogP contribution in [-0.2, 0) is 0 Å². The van der Waals surface area contributed by atoms with Gasteiger partial charge in [0.25, 0.3) is 0 Å². The van der Waals surface area contributed by atoms with Crippen LogP contribution in [0.15, 0.2) is 34.8 Å². The molecule has 0 heterocycles. The summed E-state index contributed by atoms with van der Waals surface area (Å²) in [5.41, 5.74) is 3.37. The largest absolute Gasteiger partial charge is 0.507 e. The highest BCUT2D eigenvalue weighted by molar-refractivity contribution is 9.10. The summed E-state index contributed by atoms with van der Waals surface area (Å²) in [7, 11) is 0. The first-order chi connectivity index (χ1) is 9.92. The quantitative estimate of drug-likeness (QED) is 0.739. The lowest BCUT2D eigenvalue weighted by atomic mass is 10.0. The maximum absolute atomic E-state index is 9.84. The first kappa shape index (κ1) is 16.1. The number of hydrogen-bond donors (Lipinski definition) is 3. The summed E-state index contributed by atoms with van der Waals surface area (Å²) in [4.78, 5) is 0. The fourth-order valence-corrected chi connectivity index (χ4v) is 2.71. The fraction of sp³-hybridized carbons (Fsp3) is 0.250. The highest BCUT2D eigenvalue weighted by Gasteiger charge is 2.14. The van der Waals surface area contributed by atoms with Gasteiger partial charge in [-0.25, -0.2) is 0 Å². The van der Waals surface area contributed by atoms with Gasteiger partial charge in [-0.1, -0.05) is 23.7 Å². The Morgan fingerprint density at radius 1 is 1.19 bits per heavy atom. The van der Waals surface area contributed by atoms with E-state index < -0.39 is 0 Å². The molecular formula is C16H17BrClNO2. The maximum Gasteiger partial charge on any atom is 0.121 e. The molecule has 0 aliphatic carbocycles. The molecule has 0 aliphatic heterocycles. The number of rotatable bonds is 4. The molecular weight excluding hydrogens is 354 g/mol. The zero-order valence-electron chi connectivity index (χ0n) is 11.8. The Balaban J connectivity index is 2.29. The maximum atomic E-state index is 9.84. The molecule has 0 amide bonds. The molecule has 0 bridgehead atoms. The average molecular weight is 371 g/mol. The Labute approximate surface area is 137 Å². The normalized spacial score (nSPS) is 12.2. The number of hydrogen-bond acceptors (Lipinski definition) is 3. The number of halogens is 2. The minimum atomic E-state index is -0.254. The molecule has 0 radical (unpaired) electrons. The molecule has 112 valence electrons. The molecule has 0 spiro atoms. The van der Waals surface area contributed by atoms with Gasteiger partial charge in [0.2, 0.25) is 0 Å². The summed E-state index contributed by atoms with van der Waals surface area (Å²) in [6.45, 7) is 3.64. The van der Waals surface area contributed by atoms with Gasteiger partial charge in [-0.15, -0.1) is 0 Å². The SMILES string of the molecule is Cc1cc(C(CO)Nc2ccc(Cl)c(Br)c2)cc(C)c1O. The molecule has 0 aliphatic rings. The molecule has 21 heavy (non-hydrogen) atoms. The van der Waals surface area contributed by atoms with E-state index in [1.807, 2.05) is 38.1 Å². The number of aryl methyl sites for hydroxylation is 2. The lowest BCUT2D eigenvalue weighted by Gasteiger charge is -2.20. The molecule has 0 fully saturated rings. The molecule has 2 rings (SSSR count). The fourth-order valence-electron chi connectivity index (χ4n) is 2.21. The van der Waals surface area contributed by atoms with Gasteiger partial charge in [-0.05, 0) is 64.7 Å². The molecule has 1 atom stereocenters. The van der Waals surface area contributed by atoms with E-state index >= 15 is 0 Å². The predicted molar refractivity (Wildman–Crippen MR) is 90.2 cm³/mol. The van der Waals surface area contributed by atoms with Gasteiger partial charge in [-0.3, -0.25) is 0 Å². The number of aliphatic hydroxyl groups excluding tert-OH is 1. The van der Waals surface area contributed by atoms with E-state index in [2.05, 4.69) is 21.2 Å². The summed E-state index contributed by atoms with van der Waals surface area (Å²) in [6.07, 6.45) is 0. The Morgan fingerprint density at radius 3 is 2.33 bits per heavy atom. The molecule has 2 aromatic rings. The van der Waals surface area contributed by atoms with Crippen molar-refractivity contribution in [1.82, 2.24) is 0 Å². The predicted octanol–water partition coefficient (Wildman–Crippen LogP) is 4.57. The molecule has 5 heteroatoms. The highest BCUT2D eigenvalue weighted by Crippen LogP contribution is 2.30. The third-order valence-corrected chi connectivity index (χ3v) is 4.57. The van der Waals surface area contributed by atoms with Gasteiger partial charge in [0.05, 0.1) is 17.7 Å². The van der Waals surface area contributed by atoms with Crippen molar-refractivity contribution in [1.29, 1.82) is 0 Å². The minimum absolute atomic E-state index is 0.0517. The number of benzene rings is 2. The number of nitrogens with one attached hydrogen (secondary N) is 1. The zero-order chi connectivity index (χ0) is 15.6. The van der Waals surface area contributed by atoms with Crippen molar-refractivity contribution in [3.63, 3.8) is 0 Å². The van der Waals surface area contributed by atoms with Crippen molar-refractivity contribution in [2.75, 3.05) is 11.9 Å². The number of phenols is 1. The Hall–Kier alpha value is -1.23. The van der Waals surface area contributed by atoms with Crippen LogP contribution in [0.2, 0.25) is 5.02 Å². The third-order valence-electron chi connectivity index (χ3n) is 3.36. The van der Waals surface area contributed by atoms with Gasteiger partial charge < -0.3 is 15.5 Å². The van der Waals surface area contributed by atoms with E-state index in [0.717, 1.165) is 26.9 Å². The number of anilines is 1. The van der Waals surface area contributed by atoms with Crippen LogP contribution in [0.3, 0.4) is 0 Å². The van der Waals surface area contributed by atoms with Gasteiger partial charge in [0.15, 0.2) is 0 Å². The summed E-state index contributed by atoms with van der Waals surface area (Å²) in [5.74, 6) is 0.296. The average Bonchev–Trinajstić information content (AvgIpc) is 2.45. The molecule has 3 N–H and O–H groups in total. The van der Waals surface area contributed by atoms with Crippen molar-refractivity contribution in [3.8, 4) is 5.75 Å². The van der Waals surface area contributed by atoms with Crippen LogP contribution in [-0.4, -0.2) is 16.8 Å². The van der Waals surface area contributed by atoms with Crippen molar-refractivity contribution >= 4 is 33.2 Å². The summed E-state index contributed by atoms with van der Waals surface area (Å²) in [5, 5.41) is 23.4. The van der Waals surface area contributed by atoms with Crippen LogP contribution < -0.4 is 5.32 Å². The standard InChI is InChI=1S/C16H17BrClNO2/c1-9-5-11(6-10(2)16(9)21)15(8-20)19-12-3-4-14(18)13(17)7-12/h3-7,15,19-21H,8H2,1-2H3. The number of phenolic OH excluding ortho intramolecular Hbond substituents is 1. The Morgan fingerprint density at radius 2 is 1.81 bits per heavy atom. The van der Waals surface area contributed by atoms with Gasteiger partial charge in [0, 0.05) is 10.2 Å². The van der Waals surface area contributed by atoms with Gasteiger partial charge in [0.1, 0.15) is 5.75 Å². The second-order valence-electron chi connectivity index (χ2n) is 5.01. The van der Waals surface area contributed by atoms with E-state index in [4.69, 9.17) is 11.6 Å². The van der Waals surface area contributed by atoms with Crippen molar-refractivity contribution < 1.29 is 10.2 Å². The van der Waals surface area contributed by atoms with Crippen molar-refractivity contribution in [2.45, 2.75) is 19.9 Å². The highest BCUT2D eigenvalue weighted by atomic mass is 79.9. The lowest BCUT2D eigenvalue weighted by molar-refractivity contribution is 0.276. The zero-order valence-corrected chi connectivity index (χ0v) is 14.2.